The smallest absolute Gasteiger partial charge is 0.321 e. The number of hydrogen-bond donors (Lipinski definition) is 2. The minimum atomic E-state index is -0.255. The summed E-state index contributed by atoms with van der Waals surface area (Å²) >= 11 is 5.95. The van der Waals surface area contributed by atoms with Crippen molar-refractivity contribution in [1.29, 1.82) is 0 Å². The number of carbonyl (C=O) groups is 2. The van der Waals surface area contributed by atoms with Crippen molar-refractivity contribution in [3.63, 3.8) is 0 Å². The molecule has 1 aliphatic rings. The maximum absolute atomic E-state index is 12.3. The van der Waals surface area contributed by atoms with E-state index in [0.29, 0.717) is 28.7 Å². The maximum atomic E-state index is 12.3. The van der Waals surface area contributed by atoms with Gasteiger partial charge in [-0.25, -0.2) is 4.79 Å². The fourth-order valence-electron chi connectivity index (χ4n) is 2.35. The number of anilines is 2. The highest BCUT2D eigenvalue weighted by Gasteiger charge is 2.17. The lowest BCUT2D eigenvalue weighted by Gasteiger charge is -2.21. The Hall–Kier alpha value is -2.73. The first-order chi connectivity index (χ1) is 11.5. The topological polar surface area (TPSA) is 70.7 Å². The van der Waals surface area contributed by atoms with E-state index in [9.17, 15) is 9.59 Å². The number of fused-ring (bicyclic) bond motifs is 1. The second kappa shape index (κ2) is 6.80. The van der Waals surface area contributed by atoms with Crippen LogP contribution in [-0.2, 0) is 11.3 Å². The molecule has 3 amide bonds. The van der Waals surface area contributed by atoms with Gasteiger partial charge < -0.3 is 20.3 Å². The molecule has 0 saturated carbocycles. The standard InChI is InChI=1S/C17H16ClN3O3/c1-21(9-11-3-2-4-12(18)7-11)17(23)19-13-5-6-14-15(8-13)24-10-16(22)20-14/h2-8H,9-10H2,1H3,(H,19,23)(H,20,22). The summed E-state index contributed by atoms with van der Waals surface area (Å²) in [6, 6.07) is 12.2. The molecule has 2 N–H and O–H groups in total. The van der Waals surface area contributed by atoms with Crippen LogP contribution in [0.25, 0.3) is 0 Å². The van der Waals surface area contributed by atoms with Crippen molar-refractivity contribution >= 4 is 34.9 Å². The molecular formula is C17H16ClN3O3. The summed E-state index contributed by atoms with van der Waals surface area (Å²) in [4.78, 5) is 25.1. The molecule has 1 aliphatic heterocycles. The highest BCUT2D eigenvalue weighted by molar-refractivity contribution is 6.30. The molecule has 0 radical (unpaired) electrons. The highest BCUT2D eigenvalue weighted by Crippen LogP contribution is 2.30. The van der Waals surface area contributed by atoms with E-state index in [0.717, 1.165) is 5.56 Å². The van der Waals surface area contributed by atoms with E-state index < -0.39 is 0 Å². The van der Waals surface area contributed by atoms with Crippen molar-refractivity contribution in [3.8, 4) is 5.75 Å². The van der Waals surface area contributed by atoms with Gasteiger partial charge in [0.15, 0.2) is 6.61 Å². The molecule has 0 saturated heterocycles. The number of carbonyl (C=O) groups excluding carboxylic acids is 2. The molecular weight excluding hydrogens is 330 g/mol. The largest absolute Gasteiger partial charge is 0.482 e. The normalized spacial score (nSPS) is 12.7. The molecule has 124 valence electrons. The van der Waals surface area contributed by atoms with E-state index in [1.54, 1.807) is 36.2 Å². The molecule has 1 heterocycles. The fraction of sp³-hybridized carbons (Fsp3) is 0.176. The third-order valence-electron chi connectivity index (χ3n) is 3.52. The maximum Gasteiger partial charge on any atom is 0.321 e. The predicted octanol–water partition coefficient (Wildman–Crippen LogP) is 3.33. The molecule has 3 rings (SSSR count). The number of rotatable bonds is 3. The van der Waals surface area contributed by atoms with Crippen LogP contribution in [0.2, 0.25) is 5.02 Å². The lowest BCUT2D eigenvalue weighted by Crippen LogP contribution is -2.31. The Morgan fingerprint density at radius 2 is 2.17 bits per heavy atom. The Bertz CT molecular complexity index is 794. The molecule has 6 nitrogen and oxygen atoms in total. The summed E-state index contributed by atoms with van der Waals surface area (Å²) in [5.74, 6) is 0.338. The lowest BCUT2D eigenvalue weighted by molar-refractivity contribution is -0.118. The molecule has 0 spiro atoms. The number of amides is 3. The second-order valence-electron chi connectivity index (χ2n) is 5.46. The van der Waals surface area contributed by atoms with Gasteiger partial charge >= 0.3 is 6.03 Å². The molecule has 7 heteroatoms. The van der Waals surface area contributed by atoms with Gasteiger partial charge in [0.05, 0.1) is 5.69 Å². The van der Waals surface area contributed by atoms with Crippen molar-refractivity contribution in [2.45, 2.75) is 6.54 Å². The van der Waals surface area contributed by atoms with Crippen LogP contribution in [0.4, 0.5) is 16.2 Å². The SMILES string of the molecule is CN(Cc1cccc(Cl)c1)C(=O)Nc1ccc2c(c1)OCC(=O)N2. The zero-order chi connectivity index (χ0) is 17.1. The van der Waals surface area contributed by atoms with Gasteiger partial charge in [0.2, 0.25) is 0 Å². The van der Waals surface area contributed by atoms with Crippen molar-refractivity contribution < 1.29 is 14.3 Å². The van der Waals surface area contributed by atoms with E-state index in [4.69, 9.17) is 16.3 Å². The molecule has 0 unspecified atom stereocenters. The zero-order valence-corrected chi connectivity index (χ0v) is 13.8. The Morgan fingerprint density at radius 1 is 1.33 bits per heavy atom. The van der Waals surface area contributed by atoms with Gasteiger partial charge in [0.25, 0.3) is 5.91 Å². The van der Waals surface area contributed by atoms with Gasteiger partial charge in [-0.3, -0.25) is 4.79 Å². The van der Waals surface area contributed by atoms with E-state index >= 15 is 0 Å². The number of ether oxygens (including phenoxy) is 1. The van der Waals surface area contributed by atoms with Crippen molar-refractivity contribution in [2.75, 3.05) is 24.3 Å². The molecule has 2 aromatic carbocycles. The molecule has 0 atom stereocenters. The summed E-state index contributed by atoms with van der Waals surface area (Å²) in [5.41, 5.74) is 2.13. The first-order valence-electron chi connectivity index (χ1n) is 7.34. The summed E-state index contributed by atoms with van der Waals surface area (Å²) in [5, 5.41) is 6.14. The van der Waals surface area contributed by atoms with Crippen LogP contribution < -0.4 is 15.4 Å². The van der Waals surface area contributed by atoms with Crippen LogP contribution in [0.3, 0.4) is 0 Å². The Labute approximate surface area is 144 Å². The Balaban J connectivity index is 1.65. The van der Waals surface area contributed by atoms with Crippen LogP contribution in [0.5, 0.6) is 5.75 Å². The Morgan fingerprint density at radius 3 is 2.96 bits per heavy atom. The van der Waals surface area contributed by atoms with Crippen LogP contribution in [0.1, 0.15) is 5.56 Å². The summed E-state index contributed by atoms with van der Waals surface area (Å²) in [6.07, 6.45) is 0. The van der Waals surface area contributed by atoms with Crippen LogP contribution in [0, 0.1) is 0 Å². The van der Waals surface area contributed by atoms with Gasteiger partial charge in [-0.2, -0.15) is 0 Å². The average Bonchev–Trinajstić information content (AvgIpc) is 2.55. The number of urea groups is 1. The van der Waals surface area contributed by atoms with Crippen molar-refractivity contribution in [1.82, 2.24) is 4.90 Å². The van der Waals surface area contributed by atoms with Crippen LogP contribution in [0.15, 0.2) is 42.5 Å². The number of benzene rings is 2. The van der Waals surface area contributed by atoms with E-state index in [2.05, 4.69) is 10.6 Å². The van der Waals surface area contributed by atoms with Gasteiger partial charge in [-0.1, -0.05) is 23.7 Å². The van der Waals surface area contributed by atoms with E-state index in [1.807, 2.05) is 18.2 Å². The number of nitrogens with zero attached hydrogens (tertiary/aromatic N) is 1. The second-order valence-corrected chi connectivity index (χ2v) is 5.90. The van der Waals surface area contributed by atoms with Gasteiger partial charge in [-0.05, 0) is 29.8 Å². The molecule has 0 bridgehead atoms. The highest BCUT2D eigenvalue weighted by atomic mass is 35.5. The van der Waals surface area contributed by atoms with Gasteiger partial charge in [0.1, 0.15) is 5.75 Å². The van der Waals surface area contributed by atoms with Gasteiger partial charge in [0, 0.05) is 30.4 Å². The summed E-state index contributed by atoms with van der Waals surface area (Å²) < 4.78 is 5.34. The summed E-state index contributed by atoms with van der Waals surface area (Å²) in [6.45, 7) is 0.406. The molecule has 2 aromatic rings. The monoisotopic (exact) mass is 345 g/mol. The number of nitrogens with one attached hydrogen (secondary N) is 2. The third kappa shape index (κ3) is 3.78. The minimum Gasteiger partial charge on any atom is -0.482 e. The van der Waals surface area contributed by atoms with Crippen LogP contribution >= 0.6 is 11.6 Å². The summed E-state index contributed by atoms with van der Waals surface area (Å²) in [7, 11) is 1.70. The number of hydrogen-bond acceptors (Lipinski definition) is 3. The molecule has 0 aromatic heterocycles. The molecule has 0 aliphatic carbocycles. The van der Waals surface area contributed by atoms with Crippen molar-refractivity contribution in [2.24, 2.45) is 0 Å². The van der Waals surface area contributed by atoms with Crippen LogP contribution in [-0.4, -0.2) is 30.5 Å². The van der Waals surface area contributed by atoms with Crippen molar-refractivity contribution in [3.05, 3.63) is 53.1 Å². The zero-order valence-electron chi connectivity index (χ0n) is 13.0. The quantitative estimate of drug-likeness (QED) is 0.896. The predicted molar refractivity (Wildman–Crippen MR) is 92.5 cm³/mol. The first-order valence-corrected chi connectivity index (χ1v) is 7.72. The first kappa shape index (κ1) is 16.1. The fourth-order valence-corrected chi connectivity index (χ4v) is 2.57. The number of halogens is 1. The van der Waals surface area contributed by atoms with Gasteiger partial charge in [-0.15, -0.1) is 0 Å². The average molecular weight is 346 g/mol. The Kier molecular flexibility index (Phi) is 4.57. The molecule has 24 heavy (non-hydrogen) atoms. The van der Waals surface area contributed by atoms with E-state index in [1.165, 1.54) is 0 Å². The third-order valence-corrected chi connectivity index (χ3v) is 3.76. The van der Waals surface area contributed by atoms with E-state index in [-0.39, 0.29) is 18.5 Å². The minimum absolute atomic E-state index is 0.0287. The molecule has 0 fully saturated rings. The lowest BCUT2D eigenvalue weighted by atomic mass is 10.2.